The maximum Gasteiger partial charge on any atom is 0.249 e. The first-order valence-corrected chi connectivity index (χ1v) is 8.91. The minimum atomic E-state index is -3.41. The fourth-order valence-electron chi connectivity index (χ4n) is 1.93. The summed E-state index contributed by atoms with van der Waals surface area (Å²) in [4.78, 5) is 12.6. The minimum absolute atomic E-state index is 0. The van der Waals surface area contributed by atoms with Crippen LogP contribution in [0.3, 0.4) is 0 Å². The van der Waals surface area contributed by atoms with Crippen molar-refractivity contribution in [1.82, 2.24) is 15.4 Å². The van der Waals surface area contributed by atoms with Crippen molar-refractivity contribution >= 4 is 39.7 Å². The first kappa shape index (κ1) is 19.3. The molecule has 22 heavy (non-hydrogen) atoms. The highest BCUT2D eigenvalue weighted by atomic mass is 35.5. The molecule has 1 aliphatic rings. The molecular weight excluding hydrogens is 350 g/mol. The summed E-state index contributed by atoms with van der Waals surface area (Å²) in [5.74, 6) is -0.0792. The van der Waals surface area contributed by atoms with Crippen LogP contribution >= 0.6 is 23.7 Å². The van der Waals surface area contributed by atoms with Gasteiger partial charge in [0.2, 0.25) is 15.9 Å². The Morgan fingerprint density at radius 2 is 2.27 bits per heavy atom. The van der Waals surface area contributed by atoms with Crippen molar-refractivity contribution in [3.63, 3.8) is 0 Å². The van der Waals surface area contributed by atoms with Gasteiger partial charge in [-0.05, 0) is 19.2 Å². The normalized spacial score (nSPS) is 18.5. The van der Waals surface area contributed by atoms with Crippen LogP contribution in [0.25, 0.3) is 0 Å². The van der Waals surface area contributed by atoms with Gasteiger partial charge < -0.3 is 15.4 Å². The number of morpholine rings is 1. The topological polar surface area (TPSA) is 96.5 Å². The van der Waals surface area contributed by atoms with E-state index in [-0.39, 0.29) is 28.6 Å². The van der Waals surface area contributed by atoms with Crippen LogP contribution in [-0.2, 0) is 26.1 Å². The number of halogens is 1. The predicted octanol–water partition coefficient (Wildman–Crippen LogP) is 0.0727. The third-order valence-corrected chi connectivity index (χ3v) is 6.05. The molecule has 10 heteroatoms. The van der Waals surface area contributed by atoms with Crippen LogP contribution in [0.2, 0.25) is 0 Å². The van der Waals surface area contributed by atoms with Gasteiger partial charge >= 0.3 is 0 Å². The van der Waals surface area contributed by atoms with Crippen molar-refractivity contribution in [2.75, 3.05) is 26.8 Å². The number of amides is 1. The van der Waals surface area contributed by atoms with E-state index >= 15 is 0 Å². The molecule has 126 valence electrons. The number of ether oxygens (including phenoxy) is 1. The molecule has 1 aromatic heterocycles. The minimum Gasteiger partial charge on any atom is -0.378 e. The molecule has 0 aromatic carbocycles. The lowest BCUT2D eigenvalue weighted by Crippen LogP contribution is -2.44. The summed E-state index contributed by atoms with van der Waals surface area (Å²) >= 11 is 1.15. The Morgan fingerprint density at radius 3 is 2.91 bits per heavy atom. The lowest BCUT2D eigenvalue weighted by molar-refractivity contribution is -0.122. The largest absolute Gasteiger partial charge is 0.378 e. The van der Waals surface area contributed by atoms with Crippen LogP contribution in [0, 0.1) is 0 Å². The molecule has 1 saturated heterocycles. The van der Waals surface area contributed by atoms with E-state index < -0.39 is 10.0 Å². The van der Waals surface area contributed by atoms with Crippen LogP contribution in [0.1, 0.15) is 11.3 Å². The molecular formula is C12H20ClN3O4S2. The van der Waals surface area contributed by atoms with Crippen LogP contribution in [0.5, 0.6) is 0 Å². The van der Waals surface area contributed by atoms with Gasteiger partial charge in [0.1, 0.15) is 4.21 Å². The number of hydrogen-bond donors (Lipinski definition) is 3. The van der Waals surface area contributed by atoms with Crippen molar-refractivity contribution in [1.29, 1.82) is 0 Å². The summed E-state index contributed by atoms with van der Waals surface area (Å²) in [6, 6.07) is 3.29. The van der Waals surface area contributed by atoms with Gasteiger partial charge in [-0.25, -0.2) is 13.1 Å². The highest BCUT2D eigenvalue weighted by Crippen LogP contribution is 2.21. The van der Waals surface area contributed by atoms with Crippen molar-refractivity contribution < 1.29 is 17.9 Å². The number of carbonyl (C=O) groups excluding carboxylic acids is 1. The Morgan fingerprint density at radius 1 is 1.50 bits per heavy atom. The van der Waals surface area contributed by atoms with Gasteiger partial charge in [0, 0.05) is 23.9 Å². The number of sulfonamides is 1. The van der Waals surface area contributed by atoms with Gasteiger partial charge in [-0.2, -0.15) is 0 Å². The molecule has 1 fully saturated rings. The zero-order valence-electron chi connectivity index (χ0n) is 12.1. The molecule has 1 amide bonds. The monoisotopic (exact) mass is 369 g/mol. The Bertz CT molecular complexity index is 585. The van der Waals surface area contributed by atoms with Crippen LogP contribution in [-0.4, -0.2) is 47.2 Å². The van der Waals surface area contributed by atoms with Gasteiger partial charge in [-0.15, -0.1) is 23.7 Å². The fraction of sp³-hybridized carbons (Fsp3) is 0.583. The van der Waals surface area contributed by atoms with E-state index in [0.717, 1.165) is 22.8 Å². The third-order valence-electron chi connectivity index (χ3n) is 3.06. The summed E-state index contributed by atoms with van der Waals surface area (Å²) in [7, 11) is -2.04. The first-order chi connectivity index (χ1) is 10.0. The maximum atomic E-state index is 11.8. The van der Waals surface area contributed by atoms with Crippen LogP contribution < -0.4 is 15.4 Å². The summed E-state index contributed by atoms with van der Waals surface area (Å²) < 4.78 is 31.0. The number of thiophene rings is 1. The fourth-order valence-corrected chi connectivity index (χ4v) is 4.06. The standard InChI is InChI=1S/C12H19N3O4S2.ClH/c1-13-21(17,18)12-3-2-10(20-12)7-15-11(16)6-9-8-19-5-4-14-9;/h2-3,9,13-14H,4-8H2,1H3,(H,15,16);1H. The van der Waals surface area contributed by atoms with E-state index in [0.29, 0.717) is 26.2 Å². The Balaban J connectivity index is 0.00000242. The Hall–Kier alpha value is -0.710. The van der Waals surface area contributed by atoms with E-state index in [1.54, 1.807) is 6.07 Å². The summed E-state index contributed by atoms with van der Waals surface area (Å²) in [6.45, 7) is 2.30. The average Bonchev–Trinajstić information content (AvgIpc) is 2.96. The predicted molar refractivity (Wildman–Crippen MR) is 86.9 cm³/mol. The van der Waals surface area contributed by atoms with Crippen molar-refractivity contribution in [3.8, 4) is 0 Å². The SMILES string of the molecule is CNS(=O)(=O)c1ccc(CNC(=O)CC2COCCN2)s1.Cl. The summed E-state index contributed by atoms with van der Waals surface area (Å²) in [6.07, 6.45) is 0.354. The Labute approximate surface area is 140 Å². The molecule has 0 saturated carbocycles. The van der Waals surface area contributed by atoms with E-state index in [2.05, 4.69) is 15.4 Å². The van der Waals surface area contributed by atoms with E-state index in [9.17, 15) is 13.2 Å². The van der Waals surface area contributed by atoms with Gasteiger partial charge in [0.15, 0.2) is 0 Å². The lowest BCUT2D eigenvalue weighted by atomic mass is 10.2. The zero-order chi connectivity index (χ0) is 15.3. The van der Waals surface area contributed by atoms with Gasteiger partial charge in [0.25, 0.3) is 0 Å². The summed E-state index contributed by atoms with van der Waals surface area (Å²) in [5.41, 5.74) is 0. The second kappa shape index (κ2) is 8.80. The molecule has 0 radical (unpaired) electrons. The quantitative estimate of drug-likeness (QED) is 0.659. The maximum absolute atomic E-state index is 11.8. The van der Waals surface area contributed by atoms with Gasteiger partial charge in [0.05, 0.1) is 19.8 Å². The van der Waals surface area contributed by atoms with Crippen LogP contribution in [0.15, 0.2) is 16.3 Å². The van der Waals surface area contributed by atoms with Crippen LogP contribution in [0.4, 0.5) is 0 Å². The van der Waals surface area contributed by atoms with Crippen molar-refractivity contribution in [2.45, 2.75) is 23.2 Å². The number of rotatable bonds is 6. The smallest absolute Gasteiger partial charge is 0.249 e. The molecule has 1 atom stereocenters. The first-order valence-electron chi connectivity index (χ1n) is 6.61. The Kier molecular flexibility index (Phi) is 7.74. The molecule has 1 aromatic rings. The van der Waals surface area contributed by atoms with E-state index in [1.165, 1.54) is 13.1 Å². The molecule has 1 unspecified atom stereocenters. The number of nitrogens with one attached hydrogen (secondary N) is 3. The molecule has 7 nitrogen and oxygen atoms in total. The van der Waals surface area contributed by atoms with Gasteiger partial charge in [-0.3, -0.25) is 4.79 Å². The molecule has 2 heterocycles. The van der Waals surface area contributed by atoms with E-state index in [4.69, 9.17) is 4.74 Å². The third kappa shape index (κ3) is 5.49. The van der Waals surface area contributed by atoms with E-state index in [1.807, 2.05) is 0 Å². The van der Waals surface area contributed by atoms with Crippen molar-refractivity contribution in [2.24, 2.45) is 0 Å². The second-order valence-corrected chi connectivity index (χ2v) is 7.92. The highest BCUT2D eigenvalue weighted by molar-refractivity contribution is 7.91. The zero-order valence-corrected chi connectivity index (χ0v) is 14.6. The average molecular weight is 370 g/mol. The second-order valence-electron chi connectivity index (χ2n) is 4.64. The molecule has 2 rings (SSSR count). The molecule has 0 aliphatic carbocycles. The number of hydrogen-bond acceptors (Lipinski definition) is 6. The van der Waals surface area contributed by atoms with Gasteiger partial charge in [-0.1, -0.05) is 0 Å². The molecule has 0 spiro atoms. The number of carbonyl (C=O) groups is 1. The summed E-state index contributed by atoms with van der Waals surface area (Å²) in [5, 5.41) is 6.00. The highest BCUT2D eigenvalue weighted by Gasteiger charge is 2.17. The van der Waals surface area contributed by atoms with Crippen molar-refractivity contribution in [3.05, 3.63) is 17.0 Å². The lowest BCUT2D eigenvalue weighted by Gasteiger charge is -2.23. The molecule has 0 bridgehead atoms. The molecule has 3 N–H and O–H groups in total. The molecule has 1 aliphatic heterocycles.